The smallest absolute Gasteiger partial charge is 0.341 e. The molecule has 0 spiro atoms. The molecular weight excluding hydrogens is 478 g/mol. The van der Waals surface area contributed by atoms with Gasteiger partial charge in [-0.1, -0.05) is 18.2 Å². The predicted molar refractivity (Wildman–Crippen MR) is 141 cm³/mol. The zero-order chi connectivity index (χ0) is 26.0. The van der Waals surface area contributed by atoms with Crippen molar-refractivity contribution in [3.8, 4) is 22.6 Å². The lowest BCUT2D eigenvalue weighted by molar-refractivity contribution is -0.139. The largest absolute Gasteiger partial charge is 0.496 e. The first kappa shape index (κ1) is 25.7. The van der Waals surface area contributed by atoms with Gasteiger partial charge in [-0.25, -0.2) is 9.00 Å². The molecule has 2 unspecified atom stereocenters. The van der Waals surface area contributed by atoms with Crippen molar-refractivity contribution >= 4 is 22.9 Å². The molecule has 1 aliphatic rings. The number of aryl methyl sites for hydroxylation is 3. The molecule has 2 atom stereocenters. The summed E-state index contributed by atoms with van der Waals surface area (Å²) in [7, 11) is 1.67. The molecule has 0 saturated heterocycles. The lowest BCUT2D eigenvalue weighted by atomic mass is 9.86. The van der Waals surface area contributed by atoms with Crippen LogP contribution in [0, 0.1) is 20.8 Å². The Balaban J connectivity index is 1.71. The number of nitrogens with zero attached hydrogens (tertiary/aromatic N) is 1. The molecule has 7 nitrogen and oxygen atoms in total. The molecule has 4 rings (SSSR count). The summed E-state index contributed by atoms with van der Waals surface area (Å²) in [5, 5.41) is 9.01. The molecule has 190 valence electrons. The topological polar surface area (TPSA) is 96.3 Å². The standard InChI is InChI=1S/C28H31NO6S/c1-17-15-21(11-12-22(17)20-13-18(2)28(34-4)19(3)14-20)29(36(32)33)25-9-5-8-24-23(25)7-6-10-26(24)35-16-27(30)31/h6-7,10-15,25H,5,8-9,16H2,1-4H3,(H,30,31)(H,32,33). The van der Waals surface area contributed by atoms with E-state index >= 15 is 0 Å². The van der Waals surface area contributed by atoms with Crippen LogP contribution in [0.4, 0.5) is 5.69 Å². The number of carbonyl (C=O) groups is 1. The van der Waals surface area contributed by atoms with Crippen LogP contribution in [0.25, 0.3) is 11.1 Å². The molecule has 0 aliphatic heterocycles. The van der Waals surface area contributed by atoms with Crippen LogP contribution in [-0.4, -0.2) is 33.6 Å². The first-order valence-corrected chi connectivity index (χ1v) is 12.9. The van der Waals surface area contributed by atoms with Crippen molar-refractivity contribution in [3.63, 3.8) is 0 Å². The Kier molecular flexibility index (Phi) is 7.66. The van der Waals surface area contributed by atoms with Gasteiger partial charge < -0.3 is 14.6 Å². The molecule has 0 amide bonds. The van der Waals surface area contributed by atoms with Crippen molar-refractivity contribution in [3.05, 3.63) is 76.3 Å². The molecule has 0 radical (unpaired) electrons. The maximum atomic E-state index is 12.6. The minimum absolute atomic E-state index is 0.344. The van der Waals surface area contributed by atoms with Crippen molar-refractivity contribution in [1.82, 2.24) is 0 Å². The molecule has 8 heteroatoms. The number of fused-ring (bicyclic) bond motifs is 1. The minimum Gasteiger partial charge on any atom is -0.496 e. The van der Waals surface area contributed by atoms with Gasteiger partial charge in [-0.2, -0.15) is 0 Å². The fraction of sp³-hybridized carbons (Fsp3) is 0.321. The van der Waals surface area contributed by atoms with Gasteiger partial charge in [-0.05, 0) is 109 Å². The molecule has 3 aromatic carbocycles. The number of ether oxygens (including phenoxy) is 2. The first-order valence-electron chi connectivity index (χ1n) is 11.8. The van der Waals surface area contributed by atoms with Crippen LogP contribution in [0.1, 0.15) is 46.7 Å². The molecule has 2 N–H and O–H groups in total. The summed E-state index contributed by atoms with van der Waals surface area (Å²) < 4.78 is 35.6. The number of anilines is 1. The Morgan fingerprint density at radius 1 is 1.08 bits per heavy atom. The van der Waals surface area contributed by atoms with Crippen LogP contribution in [0.5, 0.6) is 11.5 Å². The molecule has 0 aromatic heterocycles. The molecule has 3 aromatic rings. The SMILES string of the molecule is COc1c(C)cc(-c2ccc(N(C3CCCc4c(OCC(=O)O)cccc43)S(=O)O)cc2C)cc1C. The third-order valence-corrected chi connectivity index (χ3v) is 7.48. The van der Waals surface area contributed by atoms with Crippen LogP contribution in [0.3, 0.4) is 0 Å². The fourth-order valence-corrected chi connectivity index (χ4v) is 5.95. The quantitative estimate of drug-likeness (QED) is 0.374. The van der Waals surface area contributed by atoms with E-state index in [4.69, 9.17) is 14.6 Å². The highest BCUT2D eigenvalue weighted by Crippen LogP contribution is 2.42. The van der Waals surface area contributed by atoms with Crippen LogP contribution in [0.2, 0.25) is 0 Å². The van der Waals surface area contributed by atoms with Crippen LogP contribution in [-0.2, 0) is 22.5 Å². The van der Waals surface area contributed by atoms with E-state index in [-0.39, 0.29) is 6.04 Å². The monoisotopic (exact) mass is 509 g/mol. The maximum Gasteiger partial charge on any atom is 0.341 e. The highest BCUT2D eigenvalue weighted by atomic mass is 32.2. The van der Waals surface area contributed by atoms with Gasteiger partial charge in [-0.3, -0.25) is 8.86 Å². The van der Waals surface area contributed by atoms with Gasteiger partial charge in [0.15, 0.2) is 6.61 Å². The summed E-state index contributed by atoms with van der Waals surface area (Å²) in [6.45, 7) is 5.61. The Bertz CT molecular complexity index is 1300. The molecule has 1 aliphatic carbocycles. The van der Waals surface area contributed by atoms with Crippen molar-refractivity contribution in [2.24, 2.45) is 0 Å². The van der Waals surface area contributed by atoms with Crippen molar-refractivity contribution in [2.75, 3.05) is 18.0 Å². The molecule has 0 saturated carbocycles. The number of carboxylic acids is 1. The number of carboxylic acid groups (broad SMARTS) is 1. The van der Waals surface area contributed by atoms with E-state index in [1.807, 2.05) is 45.0 Å². The maximum absolute atomic E-state index is 12.6. The number of benzene rings is 3. The average Bonchev–Trinajstić information content (AvgIpc) is 2.82. The second kappa shape index (κ2) is 10.7. The third kappa shape index (κ3) is 5.10. The number of methoxy groups -OCH3 is 1. The highest BCUT2D eigenvalue weighted by molar-refractivity contribution is 7.80. The summed E-state index contributed by atoms with van der Waals surface area (Å²) >= 11 is -2.27. The summed E-state index contributed by atoms with van der Waals surface area (Å²) in [5.41, 5.74) is 7.62. The average molecular weight is 510 g/mol. The second-order valence-corrected chi connectivity index (χ2v) is 9.97. The first-order chi connectivity index (χ1) is 17.2. The second-order valence-electron chi connectivity index (χ2n) is 9.11. The minimum atomic E-state index is -2.27. The van der Waals surface area contributed by atoms with Crippen molar-refractivity contribution in [2.45, 2.75) is 46.1 Å². The Labute approximate surface area is 214 Å². The summed E-state index contributed by atoms with van der Waals surface area (Å²) in [5.74, 6) is 0.341. The van der Waals surface area contributed by atoms with E-state index in [0.29, 0.717) is 17.9 Å². The van der Waals surface area contributed by atoms with Gasteiger partial charge in [0.2, 0.25) is 0 Å². The Morgan fingerprint density at radius 2 is 1.81 bits per heavy atom. The van der Waals surface area contributed by atoms with Gasteiger partial charge in [0, 0.05) is 0 Å². The van der Waals surface area contributed by atoms with Gasteiger partial charge in [0.05, 0.1) is 18.8 Å². The summed E-state index contributed by atoms with van der Waals surface area (Å²) in [6.07, 6.45) is 2.21. The van der Waals surface area contributed by atoms with Crippen LogP contribution >= 0.6 is 0 Å². The lowest BCUT2D eigenvalue weighted by Gasteiger charge is -2.35. The van der Waals surface area contributed by atoms with Crippen LogP contribution < -0.4 is 13.8 Å². The zero-order valence-corrected chi connectivity index (χ0v) is 21.7. The van der Waals surface area contributed by atoms with Crippen LogP contribution in [0.15, 0.2) is 48.5 Å². The number of hydrogen-bond donors (Lipinski definition) is 2. The van der Waals surface area contributed by atoms with Crippen molar-refractivity contribution in [1.29, 1.82) is 0 Å². The summed E-state index contributed by atoms with van der Waals surface area (Å²) in [6, 6.07) is 15.1. The van der Waals surface area contributed by atoms with Gasteiger partial charge >= 0.3 is 5.97 Å². The third-order valence-electron chi connectivity index (χ3n) is 6.68. The molecule has 0 bridgehead atoms. The lowest BCUT2D eigenvalue weighted by Crippen LogP contribution is -2.33. The molecule has 0 heterocycles. The fourth-order valence-electron chi connectivity index (χ4n) is 5.22. The van der Waals surface area contributed by atoms with Gasteiger partial charge in [-0.15, -0.1) is 0 Å². The number of rotatable bonds is 8. The highest BCUT2D eigenvalue weighted by Gasteiger charge is 2.31. The molecular formula is C28H31NO6S. The molecule has 36 heavy (non-hydrogen) atoms. The van der Waals surface area contributed by atoms with E-state index < -0.39 is 23.8 Å². The van der Waals surface area contributed by atoms with Gasteiger partial charge in [0.25, 0.3) is 11.3 Å². The van der Waals surface area contributed by atoms with E-state index in [1.54, 1.807) is 19.2 Å². The number of aliphatic carboxylic acids is 1. The van der Waals surface area contributed by atoms with E-state index in [1.165, 1.54) is 4.31 Å². The summed E-state index contributed by atoms with van der Waals surface area (Å²) in [4.78, 5) is 11.0. The van der Waals surface area contributed by atoms with Crippen molar-refractivity contribution < 1.29 is 28.1 Å². The predicted octanol–water partition coefficient (Wildman–Crippen LogP) is 5.77. The van der Waals surface area contributed by atoms with E-state index in [0.717, 1.165) is 57.5 Å². The molecule has 0 fully saturated rings. The van der Waals surface area contributed by atoms with E-state index in [2.05, 4.69) is 12.1 Å². The van der Waals surface area contributed by atoms with Gasteiger partial charge in [0.1, 0.15) is 11.5 Å². The Morgan fingerprint density at radius 3 is 2.42 bits per heavy atom. The Hall–Kier alpha value is -3.36. The normalized spacial score (nSPS) is 15.6. The number of hydrogen-bond acceptors (Lipinski definition) is 4. The zero-order valence-electron chi connectivity index (χ0n) is 20.9. The van der Waals surface area contributed by atoms with E-state index in [9.17, 15) is 13.6 Å².